The highest BCUT2D eigenvalue weighted by Crippen LogP contribution is 2.29. The van der Waals surface area contributed by atoms with E-state index in [0.29, 0.717) is 4.88 Å². The molecule has 0 spiro atoms. The molecule has 0 atom stereocenters. The van der Waals surface area contributed by atoms with Crippen molar-refractivity contribution in [2.45, 2.75) is 13.8 Å². The summed E-state index contributed by atoms with van der Waals surface area (Å²) in [5.74, 6) is 0.986. The van der Waals surface area contributed by atoms with Crippen LogP contribution in [0.2, 0.25) is 0 Å². The van der Waals surface area contributed by atoms with Crippen LogP contribution in [-0.2, 0) is 7.05 Å². The maximum atomic E-state index is 8.99. The van der Waals surface area contributed by atoms with E-state index in [0.717, 1.165) is 33.1 Å². The monoisotopic (exact) mass is 268 g/mol. The Morgan fingerprint density at radius 1 is 1.26 bits per heavy atom. The maximum absolute atomic E-state index is 8.99. The summed E-state index contributed by atoms with van der Waals surface area (Å²) >= 11 is 1.43. The third-order valence-electron chi connectivity index (χ3n) is 3.25. The van der Waals surface area contributed by atoms with Gasteiger partial charge in [0, 0.05) is 12.6 Å². The Balaban J connectivity index is 2.17. The molecule has 0 aliphatic carbocycles. The number of aryl methyl sites for hydroxylation is 3. The molecule has 0 fully saturated rings. The first kappa shape index (κ1) is 11.9. The molecule has 0 saturated heterocycles. The zero-order valence-electron chi connectivity index (χ0n) is 10.9. The number of nitriles is 1. The molecule has 5 heteroatoms. The summed E-state index contributed by atoms with van der Waals surface area (Å²) in [5.41, 5.74) is 3.87. The normalized spacial score (nSPS) is 10.8. The van der Waals surface area contributed by atoms with Crippen molar-refractivity contribution in [3.05, 3.63) is 34.6 Å². The molecule has 94 valence electrons. The standard InChI is InChI=1S/C14H12N4S/c1-8-13(7-15)19-14(16-8)10-4-5-12-11(6-10)17-9(2)18(12)3/h4-6H,1-3H3. The number of hydrogen-bond acceptors (Lipinski definition) is 4. The summed E-state index contributed by atoms with van der Waals surface area (Å²) in [4.78, 5) is 9.65. The van der Waals surface area contributed by atoms with Gasteiger partial charge in [0.2, 0.25) is 0 Å². The molecule has 0 saturated carbocycles. The first-order valence-electron chi connectivity index (χ1n) is 5.91. The fourth-order valence-electron chi connectivity index (χ4n) is 2.08. The average molecular weight is 268 g/mol. The Morgan fingerprint density at radius 3 is 2.74 bits per heavy atom. The number of fused-ring (bicyclic) bond motifs is 1. The summed E-state index contributed by atoms with van der Waals surface area (Å²) in [6, 6.07) is 8.28. The van der Waals surface area contributed by atoms with Crippen LogP contribution < -0.4 is 0 Å². The Kier molecular flexibility index (Phi) is 2.61. The molecular weight excluding hydrogens is 256 g/mol. The topological polar surface area (TPSA) is 54.5 Å². The lowest BCUT2D eigenvalue weighted by Gasteiger charge is -1.98. The van der Waals surface area contributed by atoms with Crippen molar-refractivity contribution in [1.82, 2.24) is 14.5 Å². The van der Waals surface area contributed by atoms with Gasteiger partial charge in [-0.05, 0) is 32.0 Å². The molecule has 1 aromatic carbocycles. The van der Waals surface area contributed by atoms with E-state index in [1.807, 2.05) is 39.1 Å². The van der Waals surface area contributed by atoms with Crippen molar-refractivity contribution in [3.63, 3.8) is 0 Å². The highest BCUT2D eigenvalue weighted by molar-refractivity contribution is 7.15. The van der Waals surface area contributed by atoms with Gasteiger partial charge in [-0.3, -0.25) is 0 Å². The number of imidazole rings is 1. The highest BCUT2D eigenvalue weighted by Gasteiger charge is 2.11. The summed E-state index contributed by atoms with van der Waals surface area (Å²) in [7, 11) is 2.01. The third kappa shape index (κ3) is 1.81. The minimum atomic E-state index is 0.673. The zero-order valence-corrected chi connectivity index (χ0v) is 11.7. The summed E-state index contributed by atoms with van der Waals surface area (Å²) in [5, 5.41) is 9.87. The minimum Gasteiger partial charge on any atom is -0.331 e. The summed E-state index contributed by atoms with van der Waals surface area (Å²) in [6.07, 6.45) is 0. The second kappa shape index (κ2) is 4.18. The van der Waals surface area contributed by atoms with E-state index in [-0.39, 0.29) is 0 Å². The molecule has 0 N–H and O–H groups in total. The molecule has 0 radical (unpaired) electrons. The first-order chi connectivity index (χ1) is 9.10. The van der Waals surface area contributed by atoms with Crippen molar-refractivity contribution >= 4 is 22.4 Å². The van der Waals surface area contributed by atoms with Gasteiger partial charge in [0.1, 0.15) is 21.8 Å². The SMILES string of the molecule is Cc1nc(-c2ccc3c(c2)nc(C)n3C)sc1C#N. The molecule has 2 heterocycles. The van der Waals surface area contributed by atoms with Gasteiger partial charge in [0.05, 0.1) is 16.7 Å². The van der Waals surface area contributed by atoms with Gasteiger partial charge in [-0.25, -0.2) is 9.97 Å². The smallest absolute Gasteiger partial charge is 0.128 e. The minimum absolute atomic E-state index is 0.673. The van der Waals surface area contributed by atoms with Gasteiger partial charge in [-0.15, -0.1) is 11.3 Å². The van der Waals surface area contributed by atoms with Crippen molar-refractivity contribution in [1.29, 1.82) is 5.26 Å². The lowest BCUT2D eigenvalue weighted by Crippen LogP contribution is -1.89. The van der Waals surface area contributed by atoms with Crippen LogP contribution in [0.25, 0.3) is 21.6 Å². The number of aromatic nitrogens is 3. The lowest BCUT2D eigenvalue weighted by molar-refractivity contribution is 0.886. The van der Waals surface area contributed by atoms with Crippen LogP contribution in [0.15, 0.2) is 18.2 Å². The van der Waals surface area contributed by atoms with E-state index >= 15 is 0 Å². The first-order valence-corrected chi connectivity index (χ1v) is 6.73. The third-order valence-corrected chi connectivity index (χ3v) is 4.36. The van der Waals surface area contributed by atoms with Gasteiger partial charge < -0.3 is 4.57 Å². The van der Waals surface area contributed by atoms with E-state index < -0.39 is 0 Å². The second-order valence-electron chi connectivity index (χ2n) is 4.47. The van der Waals surface area contributed by atoms with E-state index in [2.05, 4.69) is 20.6 Å². The van der Waals surface area contributed by atoms with Crippen LogP contribution in [0.3, 0.4) is 0 Å². The number of thiazole rings is 1. The molecule has 0 aliphatic rings. The van der Waals surface area contributed by atoms with E-state index in [1.165, 1.54) is 11.3 Å². The summed E-state index contributed by atoms with van der Waals surface area (Å²) in [6.45, 7) is 3.85. The van der Waals surface area contributed by atoms with Crippen LogP contribution in [-0.4, -0.2) is 14.5 Å². The van der Waals surface area contributed by atoms with Crippen molar-refractivity contribution < 1.29 is 0 Å². The summed E-state index contributed by atoms with van der Waals surface area (Å²) < 4.78 is 2.06. The van der Waals surface area contributed by atoms with Crippen LogP contribution in [0.1, 0.15) is 16.4 Å². The van der Waals surface area contributed by atoms with E-state index in [4.69, 9.17) is 5.26 Å². The number of benzene rings is 1. The van der Waals surface area contributed by atoms with Gasteiger partial charge in [-0.2, -0.15) is 5.26 Å². The molecule has 0 aliphatic heterocycles. The van der Waals surface area contributed by atoms with Gasteiger partial charge >= 0.3 is 0 Å². The highest BCUT2D eigenvalue weighted by atomic mass is 32.1. The number of hydrogen-bond donors (Lipinski definition) is 0. The van der Waals surface area contributed by atoms with Crippen LogP contribution >= 0.6 is 11.3 Å². The predicted octanol–water partition coefficient (Wildman–Crippen LogP) is 3.19. The Hall–Kier alpha value is -2.19. The largest absolute Gasteiger partial charge is 0.331 e. The number of rotatable bonds is 1. The Labute approximate surface area is 115 Å². The van der Waals surface area contributed by atoms with E-state index in [1.54, 1.807) is 0 Å². The van der Waals surface area contributed by atoms with Crippen molar-refractivity contribution in [2.75, 3.05) is 0 Å². The van der Waals surface area contributed by atoms with Crippen molar-refractivity contribution in [3.8, 4) is 16.6 Å². The van der Waals surface area contributed by atoms with Crippen LogP contribution in [0.5, 0.6) is 0 Å². The molecular formula is C14H12N4S. The average Bonchev–Trinajstić information content (AvgIpc) is 2.91. The lowest BCUT2D eigenvalue weighted by atomic mass is 10.2. The quantitative estimate of drug-likeness (QED) is 0.681. The van der Waals surface area contributed by atoms with Gasteiger partial charge in [0.25, 0.3) is 0 Å². The molecule has 0 bridgehead atoms. The molecule has 4 nitrogen and oxygen atoms in total. The Morgan fingerprint density at radius 2 is 2.05 bits per heavy atom. The number of nitrogens with zero attached hydrogens (tertiary/aromatic N) is 4. The maximum Gasteiger partial charge on any atom is 0.128 e. The second-order valence-corrected chi connectivity index (χ2v) is 5.47. The van der Waals surface area contributed by atoms with Crippen molar-refractivity contribution in [2.24, 2.45) is 7.05 Å². The van der Waals surface area contributed by atoms with Crippen LogP contribution in [0, 0.1) is 25.2 Å². The zero-order chi connectivity index (χ0) is 13.6. The van der Waals surface area contributed by atoms with E-state index in [9.17, 15) is 0 Å². The van der Waals surface area contributed by atoms with Gasteiger partial charge in [-0.1, -0.05) is 0 Å². The molecule has 2 aromatic heterocycles. The molecule has 19 heavy (non-hydrogen) atoms. The predicted molar refractivity (Wildman–Crippen MR) is 76.0 cm³/mol. The fourth-order valence-corrected chi connectivity index (χ4v) is 2.94. The Bertz CT molecular complexity index is 820. The molecule has 3 aromatic rings. The molecule has 0 unspecified atom stereocenters. The molecule has 3 rings (SSSR count). The molecule has 0 amide bonds. The van der Waals surface area contributed by atoms with Gasteiger partial charge in [0.15, 0.2) is 0 Å². The fraction of sp³-hybridized carbons (Fsp3) is 0.214. The van der Waals surface area contributed by atoms with Crippen LogP contribution in [0.4, 0.5) is 0 Å².